The van der Waals surface area contributed by atoms with Crippen LogP contribution in [-0.4, -0.2) is 0 Å². The summed E-state index contributed by atoms with van der Waals surface area (Å²) in [4.78, 5) is 0. The fourth-order valence-corrected chi connectivity index (χ4v) is 1.85. The van der Waals surface area contributed by atoms with E-state index in [1.54, 1.807) is 6.07 Å². The van der Waals surface area contributed by atoms with Crippen molar-refractivity contribution in [3.05, 3.63) is 46.2 Å². The van der Waals surface area contributed by atoms with Gasteiger partial charge in [-0.05, 0) is 40.9 Å². The van der Waals surface area contributed by atoms with Gasteiger partial charge in [0, 0.05) is 6.04 Å². The summed E-state index contributed by atoms with van der Waals surface area (Å²) >= 11 is 3.19. The van der Waals surface area contributed by atoms with Gasteiger partial charge >= 0.3 is 0 Å². The Morgan fingerprint density at radius 1 is 1.64 bits per heavy atom. The van der Waals surface area contributed by atoms with Crippen molar-refractivity contribution < 1.29 is 4.39 Å². The van der Waals surface area contributed by atoms with Gasteiger partial charge in [-0.1, -0.05) is 17.7 Å². The van der Waals surface area contributed by atoms with Crippen molar-refractivity contribution >= 4 is 15.9 Å². The molecule has 0 heterocycles. The van der Waals surface area contributed by atoms with Crippen LogP contribution in [0.5, 0.6) is 0 Å². The van der Waals surface area contributed by atoms with Crippen LogP contribution in [0, 0.1) is 5.82 Å². The molecule has 0 amide bonds. The van der Waals surface area contributed by atoms with Crippen molar-refractivity contribution in [1.29, 1.82) is 0 Å². The quantitative estimate of drug-likeness (QED) is 0.824. The van der Waals surface area contributed by atoms with E-state index in [0.29, 0.717) is 10.9 Å². The molecule has 0 saturated carbocycles. The molecule has 0 aliphatic rings. The zero-order valence-corrected chi connectivity index (χ0v) is 9.64. The molecule has 2 N–H and O–H groups in total. The summed E-state index contributed by atoms with van der Waals surface area (Å²) < 4.78 is 13.6. The predicted octanol–water partition coefficient (Wildman–Crippen LogP) is 3.55. The topological polar surface area (TPSA) is 26.0 Å². The van der Waals surface area contributed by atoms with E-state index in [4.69, 9.17) is 5.73 Å². The van der Waals surface area contributed by atoms with Gasteiger partial charge in [0.15, 0.2) is 0 Å². The molecule has 1 aromatic rings. The zero-order valence-electron chi connectivity index (χ0n) is 8.06. The van der Waals surface area contributed by atoms with Gasteiger partial charge in [-0.2, -0.15) is 0 Å². The minimum atomic E-state index is -0.278. The van der Waals surface area contributed by atoms with Gasteiger partial charge in [0.25, 0.3) is 0 Å². The van der Waals surface area contributed by atoms with Crippen LogP contribution in [0.1, 0.15) is 24.9 Å². The summed E-state index contributed by atoms with van der Waals surface area (Å²) in [5.41, 5.74) is 7.69. The fraction of sp³-hybridized carbons (Fsp3) is 0.273. The Balaban J connectivity index is 2.95. The van der Waals surface area contributed by atoms with Gasteiger partial charge in [-0.25, -0.2) is 4.39 Å². The van der Waals surface area contributed by atoms with Crippen molar-refractivity contribution in [1.82, 2.24) is 0 Å². The van der Waals surface area contributed by atoms with Crippen LogP contribution in [0.25, 0.3) is 0 Å². The number of hydrogen-bond acceptors (Lipinski definition) is 1. The fourth-order valence-electron chi connectivity index (χ4n) is 1.29. The number of halogens is 2. The molecule has 0 aliphatic heterocycles. The third kappa shape index (κ3) is 2.66. The molecular formula is C11H13BrFN. The molecule has 0 aromatic heterocycles. The third-order valence-corrected chi connectivity index (χ3v) is 2.79. The molecule has 3 heteroatoms. The van der Waals surface area contributed by atoms with Crippen LogP contribution in [0.2, 0.25) is 0 Å². The lowest BCUT2D eigenvalue weighted by Crippen LogP contribution is -2.11. The van der Waals surface area contributed by atoms with E-state index >= 15 is 0 Å². The van der Waals surface area contributed by atoms with Crippen molar-refractivity contribution in [3.63, 3.8) is 0 Å². The van der Waals surface area contributed by atoms with E-state index in [-0.39, 0.29) is 11.9 Å². The Kier molecular flexibility index (Phi) is 3.84. The summed E-state index contributed by atoms with van der Waals surface area (Å²) in [7, 11) is 0. The molecule has 0 saturated heterocycles. The molecule has 0 spiro atoms. The summed E-state index contributed by atoms with van der Waals surface area (Å²) in [6, 6.07) is 4.69. The molecule has 1 rings (SSSR count). The minimum absolute atomic E-state index is 0.197. The average molecular weight is 258 g/mol. The van der Waals surface area contributed by atoms with E-state index in [1.165, 1.54) is 6.07 Å². The first kappa shape index (κ1) is 11.4. The second-order valence-corrected chi connectivity index (χ2v) is 4.20. The second-order valence-electron chi connectivity index (χ2n) is 3.41. The van der Waals surface area contributed by atoms with Crippen molar-refractivity contribution in [2.24, 2.45) is 5.73 Å². The molecule has 0 unspecified atom stereocenters. The van der Waals surface area contributed by atoms with Gasteiger partial charge in [0.2, 0.25) is 0 Å². The van der Waals surface area contributed by atoms with Gasteiger partial charge in [-0.15, -0.1) is 6.58 Å². The summed E-state index contributed by atoms with van der Waals surface area (Å²) in [6.45, 7) is 5.69. The van der Waals surface area contributed by atoms with Gasteiger partial charge in [0.05, 0.1) is 4.47 Å². The van der Waals surface area contributed by atoms with Crippen molar-refractivity contribution in [2.75, 3.05) is 0 Å². The Bertz CT molecular complexity index is 349. The molecule has 0 bridgehead atoms. The second kappa shape index (κ2) is 4.71. The van der Waals surface area contributed by atoms with Crippen LogP contribution in [0.4, 0.5) is 4.39 Å². The highest BCUT2D eigenvalue weighted by molar-refractivity contribution is 9.10. The lowest BCUT2D eigenvalue weighted by molar-refractivity contribution is 0.610. The lowest BCUT2D eigenvalue weighted by Gasteiger charge is -2.13. The van der Waals surface area contributed by atoms with E-state index in [1.807, 2.05) is 13.0 Å². The lowest BCUT2D eigenvalue weighted by atomic mass is 10.0. The normalized spacial score (nSPS) is 12.6. The third-order valence-electron chi connectivity index (χ3n) is 1.95. The van der Waals surface area contributed by atoms with Crippen LogP contribution in [-0.2, 0) is 0 Å². The summed E-state index contributed by atoms with van der Waals surface area (Å²) in [5.74, 6) is -0.278. The maximum Gasteiger partial charge on any atom is 0.137 e. The van der Waals surface area contributed by atoms with E-state index in [2.05, 4.69) is 22.5 Å². The number of nitrogens with two attached hydrogens (primary N) is 1. The molecule has 0 radical (unpaired) electrons. The highest BCUT2D eigenvalue weighted by Crippen LogP contribution is 2.27. The van der Waals surface area contributed by atoms with Gasteiger partial charge in [0.1, 0.15) is 5.82 Å². The molecular weight excluding hydrogens is 245 g/mol. The zero-order chi connectivity index (χ0) is 10.7. The van der Waals surface area contributed by atoms with E-state index in [9.17, 15) is 4.39 Å². The first-order valence-electron chi connectivity index (χ1n) is 4.36. The van der Waals surface area contributed by atoms with Crippen molar-refractivity contribution in [2.45, 2.75) is 19.4 Å². The predicted molar refractivity (Wildman–Crippen MR) is 60.5 cm³/mol. The highest BCUT2D eigenvalue weighted by atomic mass is 79.9. The van der Waals surface area contributed by atoms with Crippen molar-refractivity contribution in [3.8, 4) is 0 Å². The molecule has 0 fully saturated rings. The molecule has 1 aromatic carbocycles. The number of benzene rings is 1. The summed E-state index contributed by atoms with van der Waals surface area (Å²) in [6.07, 6.45) is 0.669. The molecule has 1 atom stereocenters. The smallest absolute Gasteiger partial charge is 0.137 e. The van der Waals surface area contributed by atoms with Crippen LogP contribution in [0.3, 0.4) is 0 Å². The first-order chi connectivity index (χ1) is 6.52. The Morgan fingerprint density at radius 3 is 2.86 bits per heavy atom. The molecule has 76 valence electrons. The van der Waals surface area contributed by atoms with Gasteiger partial charge in [-0.3, -0.25) is 0 Å². The highest BCUT2D eigenvalue weighted by Gasteiger charge is 2.12. The summed E-state index contributed by atoms with van der Waals surface area (Å²) in [5, 5.41) is 0. The maximum atomic E-state index is 13.2. The van der Waals surface area contributed by atoms with E-state index in [0.717, 1.165) is 11.1 Å². The standard InChI is InChI=1S/C11H13BrFN/c1-7(2)6-10(14)8-4-3-5-9(13)11(8)12/h3-5,10H,1,6,14H2,2H3/t10-/m1/s1. The van der Waals surface area contributed by atoms with Crippen LogP contribution < -0.4 is 5.73 Å². The van der Waals surface area contributed by atoms with Gasteiger partial charge < -0.3 is 5.73 Å². The molecule has 14 heavy (non-hydrogen) atoms. The number of hydrogen-bond donors (Lipinski definition) is 1. The monoisotopic (exact) mass is 257 g/mol. The molecule has 0 aliphatic carbocycles. The van der Waals surface area contributed by atoms with E-state index < -0.39 is 0 Å². The minimum Gasteiger partial charge on any atom is -0.324 e. The maximum absolute atomic E-state index is 13.2. The number of rotatable bonds is 3. The molecule has 1 nitrogen and oxygen atoms in total. The Labute approximate surface area is 91.9 Å². The Morgan fingerprint density at radius 2 is 2.29 bits per heavy atom. The SMILES string of the molecule is C=C(C)C[C@@H](N)c1cccc(F)c1Br. The largest absolute Gasteiger partial charge is 0.324 e. The first-order valence-corrected chi connectivity index (χ1v) is 5.15. The Hall–Kier alpha value is -0.670. The van der Waals surface area contributed by atoms with Crippen LogP contribution in [0.15, 0.2) is 34.8 Å². The average Bonchev–Trinajstić information content (AvgIpc) is 2.08. The van der Waals surface area contributed by atoms with Crippen LogP contribution >= 0.6 is 15.9 Å².